The average molecular weight is 732 g/mol. The number of carbonyl (C=O) groups is 1. The van der Waals surface area contributed by atoms with Crippen molar-refractivity contribution in [3.05, 3.63) is 89.0 Å². The number of esters is 1. The highest BCUT2D eigenvalue weighted by atomic mass is 19.3. The summed E-state index contributed by atoms with van der Waals surface area (Å²) in [5.74, 6) is 0.0764. The molecule has 3 heterocycles. The van der Waals surface area contributed by atoms with Crippen LogP contribution in [0, 0.1) is 13.8 Å². The lowest BCUT2D eigenvalue weighted by Gasteiger charge is -2.23. The van der Waals surface area contributed by atoms with E-state index in [1.807, 2.05) is 67.3 Å². The summed E-state index contributed by atoms with van der Waals surface area (Å²) >= 11 is 0. The zero-order valence-electron chi connectivity index (χ0n) is 29.8. The Hall–Kier alpha value is -4.94. The fourth-order valence-electron chi connectivity index (χ4n) is 7.72. The topological polar surface area (TPSA) is 77.3 Å². The average Bonchev–Trinajstić information content (AvgIpc) is 3.91. The molecule has 12 heteroatoms. The molecule has 0 unspecified atom stereocenters. The standard InChI is InChI=1S/C41H41F4N3O5/c1-24-29(26-14-15-27(22-47-16-4-5-17-47)35(20-26)52-40(42)43)9-6-10-30(24)31-11-7-12-32(25(31)2)38-46-33-19-28(36(53-41(44)45)21-37(33)51-38)23-48-18-8-13-34(48)39(49)50-3/h6-7,9-12,14-15,19-21,34,40-41H,4-5,8,13,16-18,22-23H2,1-3H3/t34-/m0/s1. The first-order chi connectivity index (χ1) is 25.6. The van der Waals surface area contributed by atoms with Crippen molar-refractivity contribution in [2.24, 2.45) is 0 Å². The molecule has 4 aromatic carbocycles. The van der Waals surface area contributed by atoms with E-state index in [1.165, 1.54) is 13.2 Å². The van der Waals surface area contributed by atoms with Gasteiger partial charge in [0, 0.05) is 35.8 Å². The van der Waals surface area contributed by atoms with Gasteiger partial charge in [0.2, 0.25) is 5.89 Å². The summed E-state index contributed by atoms with van der Waals surface area (Å²) in [6.45, 7) is 1.20. The fraction of sp³-hybridized carbons (Fsp3) is 0.366. The Bertz CT molecular complexity index is 2110. The SMILES string of the molecule is COC(=O)[C@@H]1CCCN1Cc1cc2nc(-c3cccc(-c4cccc(-c5ccc(CN6CCCC6)c(OC(F)F)c5)c4C)c3C)oc2cc1OC(F)F. The molecule has 1 aromatic heterocycles. The van der Waals surface area contributed by atoms with Crippen LogP contribution in [0.5, 0.6) is 11.5 Å². The maximum absolute atomic E-state index is 13.5. The summed E-state index contributed by atoms with van der Waals surface area (Å²) in [6, 6.07) is 19.9. The molecule has 0 N–H and O–H groups in total. The predicted molar refractivity (Wildman–Crippen MR) is 193 cm³/mol. The first kappa shape index (κ1) is 36.4. The minimum atomic E-state index is -3.06. The third-order valence-electron chi connectivity index (χ3n) is 10.4. The van der Waals surface area contributed by atoms with Crippen LogP contribution in [0.25, 0.3) is 44.8 Å². The summed E-state index contributed by atoms with van der Waals surface area (Å²) in [5.41, 5.74) is 7.98. The molecular weight excluding hydrogens is 690 g/mol. The number of benzene rings is 4. The number of rotatable bonds is 12. The number of halogens is 4. The number of nitrogens with zero attached hydrogens (tertiary/aromatic N) is 3. The van der Waals surface area contributed by atoms with Crippen LogP contribution in [0.15, 0.2) is 71.1 Å². The summed E-state index contributed by atoms with van der Waals surface area (Å²) in [7, 11) is 1.33. The lowest BCUT2D eigenvalue weighted by atomic mass is 9.89. The van der Waals surface area contributed by atoms with Gasteiger partial charge in [0.15, 0.2) is 5.58 Å². The first-order valence-electron chi connectivity index (χ1n) is 17.8. The number of likely N-dealkylation sites (tertiary alicyclic amines) is 2. The van der Waals surface area contributed by atoms with Gasteiger partial charge in [-0.15, -0.1) is 0 Å². The van der Waals surface area contributed by atoms with E-state index in [-0.39, 0.29) is 29.6 Å². The molecule has 0 amide bonds. The van der Waals surface area contributed by atoms with Crippen molar-refractivity contribution in [3.8, 4) is 45.2 Å². The smallest absolute Gasteiger partial charge is 0.387 e. The highest BCUT2D eigenvalue weighted by Gasteiger charge is 2.32. The Morgan fingerprint density at radius 3 is 2.11 bits per heavy atom. The lowest BCUT2D eigenvalue weighted by molar-refractivity contribution is -0.146. The molecule has 53 heavy (non-hydrogen) atoms. The Kier molecular flexibility index (Phi) is 10.7. The molecule has 0 radical (unpaired) electrons. The van der Waals surface area contributed by atoms with Gasteiger partial charge in [-0.2, -0.15) is 17.6 Å². The minimum absolute atomic E-state index is 0.0465. The molecule has 5 aromatic rings. The van der Waals surface area contributed by atoms with Crippen molar-refractivity contribution in [1.82, 2.24) is 14.8 Å². The van der Waals surface area contributed by atoms with E-state index in [2.05, 4.69) is 4.90 Å². The van der Waals surface area contributed by atoms with E-state index in [1.54, 1.807) is 12.1 Å². The van der Waals surface area contributed by atoms with Gasteiger partial charge in [-0.25, -0.2) is 4.98 Å². The molecule has 8 nitrogen and oxygen atoms in total. The number of fused-ring (bicyclic) bond motifs is 1. The van der Waals surface area contributed by atoms with Gasteiger partial charge in [0.1, 0.15) is 23.1 Å². The van der Waals surface area contributed by atoms with E-state index in [9.17, 15) is 22.4 Å². The zero-order chi connectivity index (χ0) is 37.2. The molecular formula is C41H41F4N3O5. The zero-order valence-corrected chi connectivity index (χ0v) is 29.8. The van der Waals surface area contributed by atoms with Crippen molar-refractivity contribution in [3.63, 3.8) is 0 Å². The second kappa shape index (κ2) is 15.6. The Morgan fingerprint density at radius 1 is 0.792 bits per heavy atom. The van der Waals surface area contributed by atoms with Gasteiger partial charge in [0.05, 0.1) is 7.11 Å². The number of hydrogen-bond acceptors (Lipinski definition) is 8. The summed E-state index contributed by atoms with van der Waals surface area (Å²) in [5, 5.41) is 0. The van der Waals surface area contributed by atoms with Crippen LogP contribution in [0.1, 0.15) is 47.9 Å². The lowest BCUT2D eigenvalue weighted by Crippen LogP contribution is -2.36. The fourth-order valence-corrected chi connectivity index (χ4v) is 7.72. The molecule has 2 fully saturated rings. The van der Waals surface area contributed by atoms with Crippen LogP contribution in [0.2, 0.25) is 0 Å². The number of alkyl halides is 4. The minimum Gasteiger partial charge on any atom is -0.468 e. The second-order valence-electron chi connectivity index (χ2n) is 13.6. The molecule has 2 aliphatic rings. The summed E-state index contributed by atoms with van der Waals surface area (Å²) in [4.78, 5) is 21.3. The van der Waals surface area contributed by atoms with Gasteiger partial charge in [-0.1, -0.05) is 42.5 Å². The number of hydrogen-bond donors (Lipinski definition) is 0. The highest BCUT2D eigenvalue weighted by Crippen LogP contribution is 2.40. The molecule has 0 aliphatic carbocycles. The summed E-state index contributed by atoms with van der Waals surface area (Å²) < 4.78 is 75.2. The molecule has 0 spiro atoms. The number of oxazole rings is 1. The maximum Gasteiger partial charge on any atom is 0.387 e. The Balaban J connectivity index is 1.22. The van der Waals surface area contributed by atoms with Crippen LogP contribution < -0.4 is 9.47 Å². The number of methoxy groups -OCH3 is 1. The molecule has 2 saturated heterocycles. The number of carbonyl (C=O) groups excluding carboxylic acids is 1. The van der Waals surface area contributed by atoms with Gasteiger partial charge >= 0.3 is 19.2 Å². The van der Waals surface area contributed by atoms with Crippen LogP contribution in [-0.2, 0) is 22.6 Å². The Labute approximate surface area is 305 Å². The normalized spacial score (nSPS) is 16.7. The molecule has 278 valence electrons. The van der Waals surface area contributed by atoms with Crippen molar-refractivity contribution in [2.75, 3.05) is 26.7 Å². The van der Waals surface area contributed by atoms with Gasteiger partial charge in [-0.3, -0.25) is 14.6 Å². The van der Waals surface area contributed by atoms with E-state index in [0.717, 1.165) is 71.3 Å². The molecule has 0 saturated carbocycles. The van der Waals surface area contributed by atoms with E-state index < -0.39 is 19.3 Å². The first-order valence-corrected chi connectivity index (χ1v) is 17.8. The van der Waals surface area contributed by atoms with Crippen LogP contribution in [0.4, 0.5) is 17.6 Å². The van der Waals surface area contributed by atoms with Gasteiger partial charge < -0.3 is 18.6 Å². The predicted octanol–water partition coefficient (Wildman–Crippen LogP) is 9.38. The number of ether oxygens (including phenoxy) is 3. The van der Waals surface area contributed by atoms with Gasteiger partial charge in [0.25, 0.3) is 0 Å². The summed E-state index contributed by atoms with van der Waals surface area (Å²) in [6.07, 6.45) is 3.59. The monoisotopic (exact) mass is 731 g/mol. The largest absolute Gasteiger partial charge is 0.468 e. The van der Waals surface area contributed by atoms with Crippen molar-refractivity contribution >= 4 is 17.1 Å². The molecule has 1 atom stereocenters. The molecule has 7 rings (SSSR count). The number of aromatic nitrogens is 1. The van der Waals surface area contributed by atoms with Crippen LogP contribution >= 0.6 is 0 Å². The van der Waals surface area contributed by atoms with E-state index in [0.29, 0.717) is 42.0 Å². The van der Waals surface area contributed by atoms with E-state index >= 15 is 0 Å². The third-order valence-corrected chi connectivity index (χ3v) is 10.4. The second-order valence-corrected chi connectivity index (χ2v) is 13.6. The quantitative estimate of drug-likeness (QED) is 0.0929. The van der Waals surface area contributed by atoms with Crippen molar-refractivity contribution in [2.45, 2.75) is 71.9 Å². The van der Waals surface area contributed by atoms with Crippen molar-refractivity contribution < 1.29 is 41.0 Å². The molecule has 2 aliphatic heterocycles. The molecule has 0 bridgehead atoms. The highest BCUT2D eigenvalue weighted by molar-refractivity contribution is 5.85. The van der Waals surface area contributed by atoms with Crippen LogP contribution in [0.3, 0.4) is 0 Å². The van der Waals surface area contributed by atoms with E-state index in [4.69, 9.17) is 23.6 Å². The third kappa shape index (κ3) is 7.75. The van der Waals surface area contributed by atoms with Crippen molar-refractivity contribution in [1.29, 1.82) is 0 Å². The Morgan fingerprint density at radius 2 is 1.43 bits per heavy atom. The maximum atomic E-state index is 13.5. The van der Waals surface area contributed by atoms with Gasteiger partial charge in [-0.05, 0) is 111 Å². The van der Waals surface area contributed by atoms with Crippen LogP contribution in [-0.4, -0.2) is 66.8 Å².